The van der Waals surface area contributed by atoms with Crippen molar-refractivity contribution in [3.63, 3.8) is 0 Å². The summed E-state index contributed by atoms with van der Waals surface area (Å²) < 4.78 is 24.8. The lowest BCUT2D eigenvalue weighted by Crippen LogP contribution is -2.16. The minimum Gasteiger partial charge on any atom is -0.295 e. The Hall–Kier alpha value is -1.82. The van der Waals surface area contributed by atoms with Crippen LogP contribution in [0.4, 0.5) is 0 Å². The summed E-state index contributed by atoms with van der Waals surface area (Å²) in [6.07, 6.45) is 3.29. The molecule has 0 radical (unpaired) electrons. The smallest absolute Gasteiger partial charge is 0.271 e. The molecule has 0 unspecified atom stereocenters. The lowest BCUT2D eigenvalue weighted by molar-refractivity contribution is 0.600. The van der Waals surface area contributed by atoms with E-state index in [0.29, 0.717) is 11.6 Å². The van der Waals surface area contributed by atoms with Crippen molar-refractivity contribution < 1.29 is 8.42 Å². The highest BCUT2D eigenvalue weighted by molar-refractivity contribution is 7.90. The third-order valence-electron chi connectivity index (χ3n) is 3.26. The van der Waals surface area contributed by atoms with Crippen molar-refractivity contribution in [2.45, 2.75) is 23.7 Å². The number of rotatable bonds is 3. The summed E-state index contributed by atoms with van der Waals surface area (Å²) in [7, 11) is -3.37. The van der Waals surface area contributed by atoms with Crippen LogP contribution in [0, 0.1) is 0 Å². The highest BCUT2D eigenvalue weighted by Crippen LogP contribution is 2.38. The summed E-state index contributed by atoms with van der Waals surface area (Å²) in [4.78, 5) is 12.1. The molecule has 19 heavy (non-hydrogen) atoms. The van der Waals surface area contributed by atoms with Crippen molar-refractivity contribution in [2.24, 2.45) is 0 Å². The van der Waals surface area contributed by atoms with Gasteiger partial charge in [-0.3, -0.25) is 9.89 Å². The van der Waals surface area contributed by atoms with Gasteiger partial charge in [0.25, 0.3) is 5.56 Å². The molecule has 0 spiro atoms. The largest absolute Gasteiger partial charge is 0.295 e. The first kappa shape index (κ1) is 12.2. The second-order valence-electron chi connectivity index (χ2n) is 4.90. The molecule has 100 valence electrons. The van der Waals surface area contributed by atoms with Crippen LogP contribution in [-0.2, 0) is 9.84 Å². The zero-order valence-corrected chi connectivity index (χ0v) is 11.3. The molecule has 5 nitrogen and oxygen atoms in total. The number of hydrogen-bond donors (Lipinski definition) is 1. The van der Waals surface area contributed by atoms with Gasteiger partial charge in [-0.15, -0.1) is 0 Å². The van der Waals surface area contributed by atoms with Gasteiger partial charge >= 0.3 is 0 Å². The Morgan fingerprint density at radius 3 is 2.58 bits per heavy atom. The number of aromatic amines is 1. The molecule has 1 heterocycles. The van der Waals surface area contributed by atoms with E-state index in [0.717, 1.165) is 24.8 Å². The first-order valence-electron chi connectivity index (χ1n) is 6.08. The number of benzene rings is 1. The molecule has 1 fully saturated rings. The van der Waals surface area contributed by atoms with Gasteiger partial charge in [0.1, 0.15) is 0 Å². The molecular weight excluding hydrogens is 264 g/mol. The van der Waals surface area contributed by atoms with Crippen LogP contribution in [0.1, 0.15) is 24.5 Å². The van der Waals surface area contributed by atoms with Gasteiger partial charge in [0.2, 0.25) is 0 Å². The fourth-order valence-corrected chi connectivity index (χ4v) is 3.02. The van der Waals surface area contributed by atoms with E-state index < -0.39 is 9.84 Å². The van der Waals surface area contributed by atoms with Gasteiger partial charge in [-0.25, -0.2) is 13.1 Å². The maximum absolute atomic E-state index is 12.0. The molecule has 0 saturated heterocycles. The first-order chi connectivity index (χ1) is 8.97. The van der Waals surface area contributed by atoms with Crippen molar-refractivity contribution in [2.75, 3.05) is 6.26 Å². The number of hydrogen-bond acceptors (Lipinski definition) is 3. The summed E-state index contributed by atoms with van der Waals surface area (Å²) >= 11 is 0. The number of aromatic nitrogens is 2. The lowest BCUT2D eigenvalue weighted by atomic mass is 10.3. The molecule has 1 aliphatic carbocycles. The topological polar surface area (TPSA) is 71.9 Å². The summed E-state index contributed by atoms with van der Waals surface area (Å²) in [6.45, 7) is 0. The summed E-state index contributed by atoms with van der Waals surface area (Å²) in [6, 6.07) is 8.06. The van der Waals surface area contributed by atoms with E-state index in [4.69, 9.17) is 0 Å². The normalized spacial score (nSPS) is 15.6. The van der Waals surface area contributed by atoms with Crippen LogP contribution in [0.25, 0.3) is 5.69 Å². The maximum atomic E-state index is 12.0. The second-order valence-corrected chi connectivity index (χ2v) is 6.88. The summed E-state index contributed by atoms with van der Waals surface area (Å²) in [5.41, 5.74) is 1.04. The Bertz CT molecular complexity index is 782. The van der Waals surface area contributed by atoms with Crippen LogP contribution in [0.5, 0.6) is 0 Å². The van der Waals surface area contributed by atoms with Crippen LogP contribution < -0.4 is 5.56 Å². The molecule has 6 heteroatoms. The van der Waals surface area contributed by atoms with E-state index in [1.807, 2.05) is 0 Å². The van der Waals surface area contributed by atoms with Gasteiger partial charge in [0.05, 0.1) is 10.6 Å². The average Bonchev–Trinajstić information content (AvgIpc) is 3.12. The van der Waals surface area contributed by atoms with Crippen molar-refractivity contribution in [3.05, 3.63) is 46.4 Å². The first-order valence-corrected chi connectivity index (χ1v) is 7.97. The predicted octanol–water partition coefficient (Wildman–Crippen LogP) is 1.45. The number of H-pyrrole nitrogens is 1. The van der Waals surface area contributed by atoms with Gasteiger partial charge in [-0.05, 0) is 25.0 Å². The van der Waals surface area contributed by atoms with Crippen LogP contribution in [0.3, 0.4) is 0 Å². The summed E-state index contributed by atoms with van der Waals surface area (Å²) in [5, 5.41) is 3.01. The number of para-hydroxylation sites is 1. The molecule has 1 aromatic heterocycles. The Morgan fingerprint density at radius 1 is 1.26 bits per heavy atom. The molecule has 1 aromatic carbocycles. The molecular formula is C13H14N2O3S. The number of nitrogens with one attached hydrogen (secondary N) is 1. The Balaban J connectivity index is 2.20. The van der Waals surface area contributed by atoms with Gasteiger partial charge in [-0.1, -0.05) is 12.1 Å². The van der Waals surface area contributed by atoms with E-state index >= 15 is 0 Å². The van der Waals surface area contributed by atoms with Gasteiger partial charge in [-0.2, -0.15) is 0 Å². The molecule has 1 N–H and O–H groups in total. The number of nitrogens with zero attached hydrogens (tertiary/aromatic N) is 1. The third kappa shape index (κ3) is 2.23. The Morgan fingerprint density at radius 2 is 1.95 bits per heavy atom. The molecule has 3 rings (SSSR count). The summed E-state index contributed by atoms with van der Waals surface area (Å²) in [5.74, 6) is 0.416. The zero-order chi connectivity index (χ0) is 13.6. The Kier molecular flexibility index (Phi) is 2.63. The fourth-order valence-electron chi connectivity index (χ4n) is 2.15. The SMILES string of the molecule is CS(=O)(=O)c1ccccc1-n1[nH]c(C2CC2)cc1=O. The minimum atomic E-state index is -3.37. The highest BCUT2D eigenvalue weighted by atomic mass is 32.2. The van der Waals surface area contributed by atoms with Crippen molar-refractivity contribution in [1.82, 2.24) is 9.78 Å². The van der Waals surface area contributed by atoms with E-state index in [1.165, 1.54) is 10.7 Å². The molecule has 0 aliphatic heterocycles. The molecule has 0 amide bonds. The van der Waals surface area contributed by atoms with Crippen molar-refractivity contribution in [1.29, 1.82) is 0 Å². The Labute approximate surface area is 110 Å². The molecule has 2 aromatic rings. The molecule has 0 atom stereocenters. The van der Waals surface area contributed by atoms with E-state index in [9.17, 15) is 13.2 Å². The minimum absolute atomic E-state index is 0.154. The van der Waals surface area contributed by atoms with E-state index in [2.05, 4.69) is 5.10 Å². The van der Waals surface area contributed by atoms with Crippen LogP contribution >= 0.6 is 0 Å². The van der Waals surface area contributed by atoms with E-state index in [1.54, 1.807) is 24.3 Å². The maximum Gasteiger partial charge on any atom is 0.271 e. The second kappa shape index (κ2) is 4.09. The van der Waals surface area contributed by atoms with Crippen LogP contribution in [0.15, 0.2) is 40.0 Å². The quantitative estimate of drug-likeness (QED) is 0.923. The van der Waals surface area contributed by atoms with Gasteiger partial charge < -0.3 is 0 Å². The van der Waals surface area contributed by atoms with Gasteiger partial charge in [0, 0.05) is 23.9 Å². The molecule has 1 aliphatic rings. The van der Waals surface area contributed by atoms with Crippen LogP contribution in [-0.4, -0.2) is 24.5 Å². The van der Waals surface area contributed by atoms with Crippen molar-refractivity contribution in [3.8, 4) is 5.69 Å². The lowest BCUT2D eigenvalue weighted by Gasteiger charge is -2.07. The van der Waals surface area contributed by atoms with Crippen LogP contribution in [0.2, 0.25) is 0 Å². The third-order valence-corrected chi connectivity index (χ3v) is 4.41. The number of sulfone groups is 1. The van der Waals surface area contributed by atoms with Crippen molar-refractivity contribution >= 4 is 9.84 Å². The average molecular weight is 278 g/mol. The van der Waals surface area contributed by atoms with E-state index in [-0.39, 0.29) is 10.5 Å². The predicted molar refractivity (Wildman–Crippen MR) is 71.5 cm³/mol. The zero-order valence-electron chi connectivity index (χ0n) is 10.5. The molecule has 0 bridgehead atoms. The monoisotopic (exact) mass is 278 g/mol. The highest BCUT2D eigenvalue weighted by Gasteiger charge is 2.26. The standard InChI is InChI=1S/C13H14N2O3S/c1-19(17,18)12-5-3-2-4-11(12)15-13(16)8-10(14-15)9-6-7-9/h2-5,8-9,14H,6-7H2,1H3. The molecule has 1 saturated carbocycles. The van der Waals surface area contributed by atoms with Gasteiger partial charge in [0.15, 0.2) is 9.84 Å². The fraction of sp³-hybridized carbons (Fsp3) is 0.308.